The largest absolute Gasteiger partial charge is 0.381 e. The van der Waals surface area contributed by atoms with Gasteiger partial charge in [-0.15, -0.1) is 0 Å². The number of hydrogen-bond acceptors (Lipinski definition) is 3. The van der Waals surface area contributed by atoms with E-state index in [0.717, 1.165) is 35.3 Å². The lowest BCUT2D eigenvalue weighted by molar-refractivity contribution is -0.119. The predicted octanol–water partition coefficient (Wildman–Crippen LogP) is 2.96. The number of anilines is 1. The Bertz CT molecular complexity index is 649. The molecule has 1 N–H and O–H groups in total. The quantitative estimate of drug-likeness (QED) is 0.943. The van der Waals surface area contributed by atoms with E-state index in [9.17, 15) is 4.79 Å². The molecule has 1 aromatic heterocycles. The Morgan fingerprint density at radius 2 is 2.27 bits per heavy atom. The number of aromatic nitrogens is 1. The fourth-order valence-corrected chi connectivity index (χ4v) is 2.60. The molecule has 0 radical (unpaired) electrons. The van der Waals surface area contributed by atoms with E-state index in [1.54, 1.807) is 6.20 Å². The maximum absolute atomic E-state index is 12.2. The first-order chi connectivity index (χ1) is 10.7. The van der Waals surface area contributed by atoms with Crippen LogP contribution in [0.5, 0.6) is 0 Å². The van der Waals surface area contributed by atoms with Crippen molar-refractivity contribution in [3.8, 4) is 0 Å². The molecule has 0 bridgehead atoms. The fourth-order valence-electron chi connectivity index (χ4n) is 2.60. The van der Waals surface area contributed by atoms with Gasteiger partial charge in [0, 0.05) is 30.6 Å². The number of ether oxygens (including phenoxy) is 1. The van der Waals surface area contributed by atoms with Crippen LogP contribution in [0, 0.1) is 12.8 Å². The molecule has 1 amide bonds. The van der Waals surface area contributed by atoms with Crippen LogP contribution < -0.4 is 5.32 Å². The van der Waals surface area contributed by atoms with Crippen molar-refractivity contribution in [1.29, 1.82) is 0 Å². The van der Waals surface area contributed by atoms with Crippen molar-refractivity contribution in [1.82, 2.24) is 4.98 Å². The van der Waals surface area contributed by atoms with Crippen LogP contribution in [-0.4, -0.2) is 24.1 Å². The topological polar surface area (TPSA) is 51.2 Å². The van der Waals surface area contributed by atoms with E-state index < -0.39 is 0 Å². The molecule has 0 spiro atoms. The third kappa shape index (κ3) is 3.52. The Morgan fingerprint density at radius 3 is 3.00 bits per heavy atom. The Labute approximate surface area is 130 Å². The molecule has 2 heterocycles. The lowest BCUT2D eigenvalue weighted by Crippen LogP contribution is -2.23. The predicted molar refractivity (Wildman–Crippen MR) is 85.8 cm³/mol. The second-order valence-electron chi connectivity index (χ2n) is 5.70. The summed E-state index contributed by atoms with van der Waals surface area (Å²) in [5.41, 5.74) is 4.11. The first-order valence-electron chi connectivity index (χ1n) is 7.60. The fraction of sp³-hybridized carbons (Fsp3) is 0.333. The molecule has 1 aliphatic heterocycles. The van der Waals surface area contributed by atoms with Crippen LogP contribution in [0.3, 0.4) is 0 Å². The second kappa shape index (κ2) is 6.71. The van der Waals surface area contributed by atoms with Crippen LogP contribution in [-0.2, 0) is 16.0 Å². The summed E-state index contributed by atoms with van der Waals surface area (Å²) in [5.74, 6) is 0.0226. The number of hydrogen-bond donors (Lipinski definition) is 1. The van der Waals surface area contributed by atoms with E-state index >= 15 is 0 Å². The van der Waals surface area contributed by atoms with Crippen molar-refractivity contribution in [3.63, 3.8) is 0 Å². The first-order valence-corrected chi connectivity index (χ1v) is 7.60. The zero-order valence-corrected chi connectivity index (χ0v) is 12.7. The molecule has 3 rings (SSSR count). The van der Waals surface area contributed by atoms with Gasteiger partial charge in [-0.25, -0.2) is 0 Å². The van der Waals surface area contributed by atoms with Gasteiger partial charge in [-0.2, -0.15) is 0 Å². The molecule has 4 nitrogen and oxygen atoms in total. The van der Waals surface area contributed by atoms with Crippen molar-refractivity contribution in [2.75, 3.05) is 18.5 Å². The van der Waals surface area contributed by atoms with Crippen LogP contribution in [0.2, 0.25) is 0 Å². The maximum Gasteiger partial charge on any atom is 0.229 e. The van der Waals surface area contributed by atoms with Crippen molar-refractivity contribution >= 4 is 11.6 Å². The second-order valence-corrected chi connectivity index (χ2v) is 5.70. The highest BCUT2D eigenvalue weighted by molar-refractivity contribution is 5.93. The monoisotopic (exact) mass is 296 g/mol. The highest BCUT2D eigenvalue weighted by atomic mass is 16.5. The number of benzene rings is 1. The summed E-state index contributed by atoms with van der Waals surface area (Å²) in [4.78, 5) is 16.6. The van der Waals surface area contributed by atoms with Crippen LogP contribution in [0.1, 0.15) is 23.2 Å². The number of carbonyl (C=O) groups is 1. The van der Waals surface area contributed by atoms with Gasteiger partial charge >= 0.3 is 0 Å². The number of nitrogens with zero attached hydrogens (tertiary/aromatic N) is 1. The molecule has 1 fully saturated rings. The van der Waals surface area contributed by atoms with E-state index in [4.69, 9.17) is 4.74 Å². The summed E-state index contributed by atoms with van der Waals surface area (Å²) in [6.45, 7) is 3.21. The van der Waals surface area contributed by atoms with Gasteiger partial charge in [0.1, 0.15) is 0 Å². The molecule has 2 aromatic rings. The average Bonchev–Trinajstić information content (AvgIpc) is 3.06. The molecule has 0 saturated carbocycles. The summed E-state index contributed by atoms with van der Waals surface area (Å²) in [7, 11) is 0. The SMILES string of the molecule is Cc1ccc(Cc2ccccn2)cc1NC(=O)[C@H]1CCOC1. The van der Waals surface area contributed by atoms with Crippen molar-refractivity contribution < 1.29 is 9.53 Å². The van der Waals surface area contributed by atoms with Crippen LogP contribution in [0.15, 0.2) is 42.6 Å². The minimum Gasteiger partial charge on any atom is -0.381 e. The van der Waals surface area contributed by atoms with E-state index in [0.29, 0.717) is 13.2 Å². The smallest absolute Gasteiger partial charge is 0.229 e. The Kier molecular flexibility index (Phi) is 4.49. The molecule has 114 valence electrons. The Hall–Kier alpha value is -2.20. The molecule has 0 aliphatic carbocycles. The van der Waals surface area contributed by atoms with Crippen molar-refractivity contribution in [3.05, 3.63) is 59.4 Å². The van der Waals surface area contributed by atoms with Gasteiger partial charge in [0.05, 0.1) is 12.5 Å². The summed E-state index contributed by atoms with van der Waals surface area (Å²) < 4.78 is 5.28. The van der Waals surface area contributed by atoms with E-state index in [2.05, 4.69) is 16.4 Å². The minimum atomic E-state index is -0.0288. The maximum atomic E-state index is 12.2. The van der Waals surface area contributed by atoms with E-state index in [1.165, 1.54) is 0 Å². The zero-order valence-electron chi connectivity index (χ0n) is 12.7. The highest BCUT2D eigenvalue weighted by Crippen LogP contribution is 2.21. The molecule has 1 atom stereocenters. The average molecular weight is 296 g/mol. The number of nitrogens with one attached hydrogen (secondary N) is 1. The third-order valence-electron chi connectivity index (χ3n) is 3.97. The summed E-state index contributed by atoms with van der Waals surface area (Å²) in [6, 6.07) is 12.1. The van der Waals surface area contributed by atoms with Gasteiger partial charge in [-0.1, -0.05) is 18.2 Å². The Balaban J connectivity index is 1.73. The van der Waals surface area contributed by atoms with Gasteiger partial charge in [0.25, 0.3) is 0 Å². The van der Waals surface area contributed by atoms with Crippen molar-refractivity contribution in [2.45, 2.75) is 19.8 Å². The molecular formula is C18H20N2O2. The van der Waals surface area contributed by atoms with Gasteiger partial charge in [0.2, 0.25) is 5.91 Å². The molecule has 1 aliphatic rings. The normalized spacial score (nSPS) is 17.4. The number of rotatable bonds is 4. The van der Waals surface area contributed by atoms with Gasteiger partial charge in [-0.3, -0.25) is 9.78 Å². The molecular weight excluding hydrogens is 276 g/mol. The summed E-state index contributed by atoms with van der Waals surface area (Å²) >= 11 is 0. The number of aryl methyl sites for hydroxylation is 1. The molecule has 0 unspecified atom stereocenters. The third-order valence-corrected chi connectivity index (χ3v) is 3.97. The highest BCUT2D eigenvalue weighted by Gasteiger charge is 2.23. The van der Waals surface area contributed by atoms with E-state index in [-0.39, 0.29) is 11.8 Å². The minimum absolute atomic E-state index is 0.0288. The van der Waals surface area contributed by atoms with Gasteiger partial charge in [-0.05, 0) is 42.7 Å². The zero-order chi connectivity index (χ0) is 15.4. The summed E-state index contributed by atoms with van der Waals surface area (Å²) in [6.07, 6.45) is 3.36. The Morgan fingerprint density at radius 1 is 1.36 bits per heavy atom. The molecule has 1 saturated heterocycles. The number of pyridine rings is 1. The lowest BCUT2D eigenvalue weighted by Gasteiger charge is -2.13. The number of amides is 1. The van der Waals surface area contributed by atoms with Crippen molar-refractivity contribution in [2.24, 2.45) is 5.92 Å². The van der Waals surface area contributed by atoms with E-state index in [1.807, 2.05) is 37.3 Å². The molecule has 4 heteroatoms. The first kappa shape index (κ1) is 14.7. The van der Waals surface area contributed by atoms with Crippen LogP contribution >= 0.6 is 0 Å². The number of carbonyl (C=O) groups excluding carboxylic acids is 1. The molecule has 22 heavy (non-hydrogen) atoms. The van der Waals surface area contributed by atoms with Gasteiger partial charge < -0.3 is 10.1 Å². The van der Waals surface area contributed by atoms with Crippen LogP contribution in [0.4, 0.5) is 5.69 Å². The standard InChI is InChI=1S/C18H20N2O2/c1-13-5-6-14(10-16-4-2-3-8-19-16)11-17(13)20-18(21)15-7-9-22-12-15/h2-6,8,11,15H,7,9-10,12H2,1H3,(H,20,21)/t15-/m0/s1. The van der Waals surface area contributed by atoms with Gasteiger partial charge in [0.15, 0.2) is 0 Å². The lowest BCUT2D eigenvalue weighted by atomic mass is 10.0. The summed E-state index contributed by atoms with van der Waals surface area (Å²) in [5, 5.41) is 3.04. The molecule has 1 aromatic carbocycles. The van der Waals surface area contributed by atoms with Crippen LogP contribution in [0.25, 0.3) is 0 Å².